The summed E-state index contributed by atoms with van der Waals surface area (Å²) >= 11 is 0. The lowest BCUT2D eigenvalue weighted by atomic mass is 10.2. The Bertz CT molecular complexity index is 572. The fourth-order valence-electron chi connectivity index (χ4n) is 1.81. The Hall–Kier alpha value is -2.30. The molecular weight excluding hydrogens is 252 g/mol. The van der Waals surface area contributed by atoms with E-state index in [2.05, 4.69) is 27.5 Å². The zero-order valence-electron chi connectivity index (χ0n) is 12.1. The minimum absolute atomic E-state index is 0.722. The van der Waals surface area contributed by atoms with Crippen LogP contribution in [-0.2, 0) is 0 Å². The molecule has 5 nitrogen and oxygen atoms in total. The molecule has 0 fully saturated rings. The minimum Gasteiger partial charge on any atom is -0.497 e. The van der Waals surface area contributed by atoms with Crippen molar-refractivity contribution in [1.82, 2.24) is 9.97 Å². The quantitative estimate of drug-likeness (QED) is 0.844. The van der Waals surface area contributed by atoms with Gasteiger partial charge in [0.2, 0.25) is 0 Å². The van der Waals surface area contributed by atoms with Crippen molar-refractivity contribution in [3.05, 3.63) is 36.2 Å². The van der Waals surface area contributed by atoms with Gasteiger partial charge in [0.25, 0.3) is 0 Å². The SMILES string of the molecule is CCCNc1cncc(Nc2ccc(OC)cc2C)n1. The Morgan fingerprint density at radius 2 is 2.00 bits per heavy atom. The molecule has 0 saturated heterocycles. The minimum atomic E-state index is 0.722. The van der Waals surface area contributed by atoms with Crippen LogP contribution in [0.2, 0.25) is 0 Å². The first-order valence-corrected chi connectivity index (χ1v) is 6.70. The van der Waals surface area contributed by atoms with Gasteiger partial charge in [0, 0.05) is 12.2 Å². The highest BCUT2D eigenvalue weighted by Crippen LogP contribution is 2.23. The molecule has 0 aliphatic rings. The maximum Gasteiger partial charge on any atom is 0.151 e. The molecule has 0 unspecified atom stereocenters. The lowest BCUT2D eigenvalue weighted by molar-refractivity contribution is 0.414. The molecule has 0 aliphatic carbocycles. The van der Waals surface area contributed by atoms with Gasteiger partial charge in [-0.25, -0.2) is 4.98 Å². The summed E-state index contributed by atoms with van der Waals surface area (Å²) in [7, 11) is 1.66. The molecule has 0 radical (unpaired) electrons. The van der Waals surface area contributed by atoms with Crippen molar-refractivity contribution in [1.29, 1.82) is 0 Å². The third-order valence-electron chi connectivity index (χ3n) is 2.89. The fourth-order valence-corrected chi connectivity index (χ4v) is 1.81. The van der Waals surface area contributed by atoms with Gasteiger partial charge in [-0.15, -0.1) is 0 Å². The number of rotatable bonds is 6. The predicted molar refractivity (Wildman–Crippen MR) is 81.8 cm³/mol. The van der Waals surface area contributed by atoms with Crippen LogP contribution in [0.1, 0.15) is 18.9 Å². The van der Waals surface area contributed by atoms with Gasteiger partial charge in [-0.3, -0.25) is 4.98 Å². The first kappa shape index (κ1) is 14.1. The highest BCUT2D eigenvalue weighted by atomic mass is 16.5. The predicted octanol–water partition coefficient (Wildman–Crippen LogP) is 3.36. The lowest BCUT2D eigenvalue weighted by Gasteiger charge is -2.11. The maximum absolute atomic E-state index is 5.20. The van der Waals surface area contributed by atoms with Crippen molar-refractivity contribution in [3.63, 3.8) is 0 Å². The summed E-state index contributed by atoms with van der Waals surface area (Å²) in [5.74, 6) is 2.35. The first-order chi connectivity index (χ1) is 9.72. The first-order valence-electron chi connectivity index (χ1n) is 6.70. The van der Waals surface area contributed by atoms with Crippen LogP contribution >= 0.6 is 0 Å². The molecule has 106 valence electrons. The van der Waals surface area contributed by atoms with E-state index < -0.39 is 0 Å². The summed E-state index contributed by atoms with van der Waals surface area (Å²) in [6, 6.07) is 5.87. The van der Waals surface area contributed by atoms with Gasteiger partial charge in [0.15, 0.2) is 5.82 Å². The number of nitrogens with one attached hydrogen (secondary N) is 2. The van der Waals surface area contributed by atoms with Crippen molar-refractivity contribution in [2.45, 2.75) is 20.3 Å². The van der Waals surface area contributed by atoms with E-state index in [4.69, 9.17) is 4.74 Å². The molecule has 0 aliphatic heterocycles. The topological polar surface area (TPSA) is 59.1 Å². The Balaban J connectivity index is 2.13. The third kappa shape index (κ3) is 3.60. The van der Waals surface area contributed by atoms with Crippen LogP contribution in [0.25, 0.3) is 0 Å². The normalized spacial score (nSPS) is 10.2. The van der Waals surface area contributed by atoms with Crippen LogP contribution in [0.4, 0.5) is 17.3 Å². The second-order valence-corrected chi connectivity index (χ2v) is 4.52. The highest BCUT2D eigenvalue weighted by Gasteiger charge is 2.03. The molecule has 1 aromatic heterocycles. The molecule has 0 atom stereocenters. The number of anilines is 3. The highest BCUT2D eigenvalue weighted by molar-refractivity contribution is 5.62. The summed E-state index contributed by atoms with van der Waals surface area (Å²) in [5, 5.41) is 6.49. The van der Waals surface area contributed by atoms with Gasteiger partial charge in [0.05, 0.1) is 19.5 Å². The van der Waals surface area contributed by atoms with Crippen LogP contribution in [0.3, 0.4) is 0 Å². The Morgan fingerprint density at radius 1 is 1.20 bits per heavy atom. The molecule has 5 heteroatoms. The van der Waals surface area contributed by atoms with Gasteiger partial charge in [-0.1, -0.05) is 6.92 Å². The summed E-state index contributed by atoms with van der Waals surface area (Å²) in [5.41, 5.74) is 2.09. The zero-order chi connectivity index (χ0) is 14.4. The summed E-state index contributed by atoms with van der Waals surface area (Å²) < 4.78 is 5.20. The van der Waals surface area contributed by atoms with Crippen LogP contribution in [-0.4, -0.2) is 23.6 Å². The molecule has 0 bridgehead atoms. The van der Waals surface area contributed by atoms with Crippen LogP contribution in [0.15, 0.2) is 30.6 Å². The van der Waals surface area contributed by atoms with E-state index >= 15 is 0 Å². The molecular formula is C15H20N4O. The number of hydrogen-bond donors (Lipinski definition) is 2. The Morgan fingerprint density at radius 3 is 2.70 bits per heavy atom. The van der Waals surface area contributed by atoms with Crippen LogP contribution < -0.4 is 15.4 Å². The number of hydrogen-bond acceptors (Lipinski definition) is 5. The average Bonchev–Trinajstić information content (AvgIpc) is 2.47. The van der Waals surface area contributed by atoms with Crippen molar-refractivity contribution in [2.75, 3.05) is 24.3 Å². The second kappa shape index (κ2) is 6.75. The number of aromatic nitrogens is 2. The molecule has 0 saturated carbocycles. The molecule has 1 heterocycles. The van der Waals surface area contributed by atoms with Crippen molar-refractivity contribution < 1.29 is 4.74 Å². The number of benzene rings is 1. The zero-order valence-corrected chi connectivity index (χ0v) is 12.1. The van der Waals surface area contributed by atoms with Crippen LogP contribution in [0.5, 0.6) is 5.75 Å². The van der Waals surface area contributed by atoms with Gasteiger partial charge >= 0.3 is 0 Å². The third-order valence-corrected chi connectivity index (χ3v) is 2.89. The van der Waals surface area contributed by atoms with E-state index in [1.165, 1.54) is 0 Å². The van der Waals surface area contributed by atoms with E-state index in [9.17, 15) is 0 Å². The maximum atomic E-state index is 5.20. The van der Waals surface area contributed by atoms with Gasteiger partial charge in [-0.2, -0.15) is 0 Å². The average molecular weight is 272 g/mol. The largest absolute Gasteiger partial charge is 0.497 e. The van der Waals surface area contributed by atoms with E-state index in [-0.39, 0.29) is 0 Å². The van der Waals surface area contributed by atoms with Gasteiger partial charge in [-0.05, 0) is 37.1 Å². The van der Waals surface area contributed by atoms with Gasteiger partial charge in [0.1, 0.15) is 11.6 Å². The molecule has 0 amide bonds. The molecule has 2 N–H and O–H groups in total. The number of aryl methyl sites for hydroxylation is 1. The van der Waals surface area contributed by atoms with E-state index in [0.717, 1.165) is 41.6 Å². The summed E-state index contributed by atoms with van der Waals surface area (Å²) in [4.78, 5) is 8.66. The smallest absolute Gasteiger partial charge is 0.151 e. The standard InChI is InChI=1S/C15H20N4O/c1-4-7-17-14-9-16-10-15(19-14)18-13-6-5-12(20-3)8-11(13)2/h5-6,8-10H,4,7H2,1-3H3,(H2,17,18,19). The molecule has 20 heavy (non-hydrogen) atoms. The van der Waals surface area contributed by atoms with E-state index in [1.807, 2.05) is 25.1 Å². The van der Waals surface area contributed by atoms with Gasteiger partial charge < -0.3 is 15.4 Å². The van der Waals surface area contributed by atoms with Crippen molar-refractivity contribution in [3.8, 4) is 5.75 Å². The summed E-state index contributed by atoms with van der Waals surface area (Å²) in [6.07, 6.45) is 4.49. The lowest BCUT2D eigenvalue weighted by Crippen LogP contribution is -2.04. The molecule has 1 aromatic carbocycles. The molecule has 2 rings (SSSR count). The van der Waals surface area contributed by atoms with Crippen LogP contribution in [0, 0.1) is 6.92 Å². The fraction of sp³-hybridized carbons (Fsp3) is 0.333. The Labute approximate surface area is 119 Å². The van der Waals surface area contributed by atoms with Crippen molar-refractivity contribution in [2.24, 2.45) is 0 Å². The number of nitrogens with zero attached hydrogens (tertiary/aromatic N) is 2. The van der Waals surface area contributed by atoms with E-state index in [1.54, 1.807) is 19.5 Å². The monoisotopic (exact) mass is 272 g/mol. The number of ether oxygens (including phenoxy) is 1. The van der Waals surface area contributed by atoms with E-state index in [0.29, 0.717) is 0 Å². The summed E-state index contributed by atoms with van der Waals surface area (Å²) in [6.45, 7) is 5.03. The molecule has 0 spiro atoms. The van der Waals surface area contributed by atoms with Crippen molar-refractivity contribution >= 4 is 17.3 Å². The second-order valence-electron chi connectivity index (χ2n) is 4.52. The molecule has 2 aromatic rings. The number of methoxy groups -OCH3 is 1. The Kier molecular flexibility index (Phi) is 4.76.